The third kappa shape index (κ3) is 2.56. The van der Waals surface area contributed by atoms with Gasteiger partial charge in [-0.2, -0.15) is 0 Å². The molecular weight excluding hydrogens is 225 g/mol. The molecule has 0 fully saturated rings. The Labute approximate surface area is 89.1 Å². The molecule has 0 atom stereocenters. The fourth-order valence-electron chi connectivity index (χ4n) is 0.587. The van der Waals surface area contributed by atoms with E-state index in [-0.39, 0.29) is 44.0 Å². The van der Waals surface area contributed by atoms with Gasteiger partial charge in [0.1, 0.15) is 0 Å². The van der Waals surface area contributed by atoms with E-state index in [1.54, 1.807) is 0 Å². The molecule has 0 amide bonds. The maximum Gasteiger partial charge on any atom is 0.0989 e. The van der Waals surface area contributed by atoms with Crippen molar-refractivity contribution in [3.8, 4) is 0 Å². The van der Waals surface area contributed by atoms with Gasteiger partial charge >= 0.3 is 0 Å². The Morgan fingerprint density at radius 2 is 1.82 bits per heavy atom. The summed E-state index contributed by atoms with van der Waals surface area (Å²) in [6.45, 7) is 2.82. The molecule has 0 bridgehead atoms. The minimum atomic E-state index is -0.654. The molecule has 1 radical (unpaired) electrons. The maximum atomic E-state index is 12.5. The minimum Gasteiger partial charge on any atom is -0.352 e. The summed E-state index contributed by atoms with van der Waals surface area (Å²) in [7, 11) is 0. The smallest absolute Gasteiger partial charge is 0.0989 e. The molecule has 4 heteroatoms. The maximum absolute atomic E-state index is 12.5. The van der Waals surface area contributed by atoms with Crippen LogP contribution in [0.1, 0.15) is 11.3 Å². The summed E-state index contributed by atoms with van der Waals surface area (Å²) in [6, 6.07) is 2.20. The van der Waals surface area contributed by atoms with E-state index < -0.39 is 11.8 Å². The summed E-state index contributed by atoms with van der Waals surface area (Å²) >= 11 is 0. The van der Waals surface area contributed by atoms with Crippen molar-refractivity contribution >= 4 is 0 Å². The molecule has 11 heavy (non-hydrogen) atoms. The van der Waals surface area contributed by atoms with Gasteiger partial charge in [-0.3, -0.25) is 4.39 Å². The summed E-state index contributed by atoms with van der Waals surface area (Å²) in [5, 5.41) is 0. The first-order valence-electron chi connectivity index (χ1n) is 2.83. The molecule has 57 valence electrons. The van der Waals surface area contributed by atoms with E-state index in [9.17, 15) is 8.78 Å². The van der Waals surface area contributed by atoms with Gasteiger partial charge in [-0.05, 0) is 5.69 Å². The van der Waals surface area contributed by atoms with Crippen LogP contribution in [0.5, 0.6) is 0 Å². The van der Waals surface area contributed by atoms with Gasteiger partial charge in [0.05, 0.1) is 5.95 Å². The zero-order valence-corrected chi connectivity index (χ0v) is 9.12. The standard InChI is InChI=1S/C7H6F2N.Y/c1-4-3-6(8)5(2)10-7(4)9;/h1-2H3;/q-1;. The molecule has 0 unspecified atom stereocenters. The molecule has 0 saturated heterocycles. The van der Waals surface area contributed by atoms with Gasteiger partial charge in [-0.1, -0.05) is 13.8 Å². The van der Waals surface area contributed by atoms with Crippen molar-refractivity contribution in [3.63, 3.8) is 0 Å². The first-order valence-corrected chi connectivity index (χ1v) is 2.83. The van der Waals surface area contributed by atoms with Crippen molar-refractivity contribution in [1.82, 2.24) is 4.98 Å². The zero-order valence-electron chi connectivity index (χ0n) is 6.28. The first-order chi connectivity index (χ1) is 4.61. The van der Waals surface area contributed by atoms with Gasteiger partial charge in [0.25, 0.3) is 0 Å². The van der Waals surface area contributed by atoms with E-state index in [1.165, 1.54) is 13.8 Å². The molecule has 1 nitrogen and oxygen atoms in total. The van der Waals surface area contributed by atoms with E-state index in [2.05, 4.69) is 11.1 Å². The third-order valence-corrected chi connectivity index (χ3v) is 1.19. The van der Waals surface area contributed by atoms with E-state index in [1.807, 2.05) is 0 Å². The van der Waals surface area contributed by atoms with Crippen molar-refractivity contribution in [1.29, 1.82) is 0 Å². The molecular formula is C7H6F2NY-. The number of halogens is 2. The molecule has 0 aliphatic rings. The summed E-state index contributed by atoms with van der Waals surface area (Å²) in [5.74, 6) is -1.24. The van der Waals surface area contributed by atoms with Gasteiger partial charge in [0, 0.05) is 38.5 Å². The fraction of sp³-hybridized carbons (Fsp3) is 0.286. The number of aryl methyl sites for hydroxylation is 2. The van der Waals surface area contributed by atoms with E-state index >= 15 is 0 Å². The van der Waals surface area contributed by atoms with Gasteiger partial charge in [-0.15, -0.1) is 11.6 Å². The molecule has 1 aromatic heterocycles. The molecule has 1 aromatic rings. The van der Waals surface area contributed by atoms with Crippen LogP contribution in [-0.2, 0) is 32.7 Å². The van der Waals surface area contributed by atoms with E-state index in [0.29, 0.717) is 0 Å². The quantitative estimate of drug-likeness (QED) is 0.489. The van der Waals surface area contributed by atoms with Crippen LogP contribution in [0.4, 0.5) is 8.78 Å². The van der Waals surface area contributed by atoms with Crippen LogP contribution in [0.3, 0.4) is 0 Å². The summed E-state index contributed by atoms with van der Waals surface area (Å²) < 4.78 is 24.9. The predicted octanol–water partition coefficient (Wildman–Crippen LogP) is 1.77. The summed E-state index contributed by atoms with van der Waals surface area (Å²) in [5.41, 5.74) is 0.159. The van der Waals surface area contributed by atoms with Crippen LogP contribution >= 0.6 is 0 Å². The number of nitrogens with zero attached hydrogens (tertiary/aromatic N) is 1. The van der Waals surface area contributed by atoms with Gasteiger partial charge < -0.3 is 4.98 Å². The minimum absolute atomic E-state index is 0. The molecule has 0 saturated carbocycles. The second-order valence-corrected chi connectivity index (χ2v) is 2.05. The number of aromatic nitrogens is 1. The molecule has 1 rings (SSSR count). The predicted molar refractivity (Wildman–Crippen MR) is 32.5 cm³/mol. The topological polar surface area (TPSA) is 12.9 Å². The first kappa shape index (κ1) is 11.1. The van der Waals surface area contributed by atoms with Crippen LogP contribution in [0.15, 0.2) is 0 Å². The van der Waals surface area contributed by atoms with Crippen LogP contribution in [0, 0.1) is 31.7 Å². The van der Waals surface area contributed by atoms with Crippen LogP contribution < -0.4 is 0 Å². The van der Waals surface area contributed by atoms with Crippen molar-refractivity contribution in [2.75, 3.05) is 0 Å². The Kier molecular flexibility index (Phi) is 4.26. The fourth-order valence-corrected chi connectivity index (χ4v) is 0.587. The van der Waals surface area contributed by atoms with Crippen LogP contribution in [0.25, 0.3) is 0 Å². The summed E-state index contributed by atoms with van der Waals surface area (Å²) in [4.78, 5) is 3.30. The Bertz CT molecular complexity index is 213. The number of hydrogen-bond acceptors (Lipinski definition) is 1. The van der Waals surface area contributed by atoms with Gasteiger partial charge in [0.15, 0.2) is 0 Å². The molecule has 0 aliphatic carbocycles. The van der Waals surface area contributed by atoms with Gasteiger partial charge in [0.2, 0.25) is 0 Å². The molecule has 0 N–H and O–H groups in total. The Morgan fingerprint density at radius 3 is 2.27 bits per heavy atom. The second-order valence-electron chi connectivity index (χ2n) is 2.05. The molecule has 1 heterocycles. The largest absolute Gasteiger partial charge is 0.352 e. The van der Waals surface area contributed by atoms with Crippen molar-refractivity contribution in [3.05, 3.63) is 29.1 Å². The average Bonchev–Trinajstić information content (AvgIpc) is 1.84. The number of pyridine rings is 1. The van der Waals surface area contributed by atoms with E-state index in [0.717, 1.165) is 0 Å². The zero-order chi connectivity index (χ0) is 7.72. The third-order valence-electron chi connectivity index (χ3n) is 1.19. The molecule has 0 aliphatic heterocycles. The van der Waals surface area contributed by atoms with Gasteiger partial charge in [-0.25, -0.2) is 4.39 Å². The Hall–Kier alpha value is 0.114. The van der Waals surface area contributed by atoms with Crippen molar-refractivity contribution < 1.29 is 41.5 Å². The van der Waals surface area contributed by atoms with Crippen LogP contribution in [-0.4, -0.2) is 4.98 Å². The number of hydrogen-bond donors (Lipinski definition) is 0. The van der Waals surface area contributed by atoms with Crippen molar-refractivity contribution in [2.45, 2.75) is 13.8 Å². The molecule has 0 aromatic carbocycles. The Morgan fingerprint density at radius 1 is 1.27 bits per heavy atom. The summed E-state index contributed by atoms with van der Waals surface area (Å²) in [6.07, 6.45) is 0. The van der Waals surface area contributed by atoms with Crippen molar-refractivity contribution in [2.24, 2.45) is 0 Å². The molecule has 0 spiro atoms. The van der Waals surface area contributed by atoms with Crippen LogP contribution in [0.2, 0.25) is 0 Å². The average molecular weight is 231 g/mol. The van der Waals surface area contributed by atoms with E-state index in [4.69, 9.17) is 0 Å². The SMILES string of the molecule is Cc1[c-]c(F)c(C)nc1F.[Y]. The number of rotatable bonds is 0. The normalized spacial score (nSPS) is 9.09. The second kappa shape index (κ2) is 4.22. The monoisotopic (exact) mass is 231 g/mol. The Balaban J connectivity index is 0.000001000.